The second-order valence-electron chi connectivity index (χ2n) is 5.82. The zero-order valence-corrected chi connectivity index (χ0v) is 13.9. The topological polar surface area (TPSA) is 73.6 Å². The summed E-state index contributed by atoms with van der Waals surface area (Å²) in [5.74, 6) is 1.59. The SMILES string of the molecule is Cc1oc(-c2ccc(F)cc2)nc1CC(=O)Nc1ccc2c(c1)OCO2. The minimum atomic E-state index is -0.333. The molecule has 132 valence electrons. The van der Waals surface area contributed by atoms with Crippen LogP contribution in [0.25, 0.3) is 11.5 Å². The molecule has 0 unspecified atom stereocenters. The van der Waals surface area contributed by atoms with Gasteiger partial charge in [-0.3, -0.25) is 4.79 Å². The van der Waals surface area contributed by atoms with Crippen LogP contribution in [0.1, 0.15) is 11.5 Å². The fourth-order valence-electron chi connectivity index (χ4n) is 2.64. The van der Waals surface area contributed by atoms with E-state index in [1.165, 1.54) is 12.1 Å². The van der Waals surface area contributed by atoms with Crippen LogP contribution in [0, 0.1) is 12.7 Å². The normalized spacial score (nSPS) is 12.2. The van der Waals surface area contributed by atoms with Gasteiger partial charge in [-0.2, -0.15) is 0 Å². The molecular weight excluding hydrogens is 339 g/mol. The van der Waals surface area contributed by atoms with E-state index in [2.05, 4.69) is 10.3 Å². The lowest BCUT2D eigenvalue weighted by Gasteiger charge is -2.05. The lowest BCUT2D eigenvalue weighted by Crippen LogP contribution is -2.15. The second kappa shape index (κ2) is 6.51. The Labute approximate surface area is 148 Å². The first-order chi connectivity index (χ1) is 12.6. The number of nitrogens with one attached hydrogen (secondary N) is 1. The number of halogens is 1. The minimum absolute atomic E-state index is 0.0605. The number of carbonyl (C=O) groups is 1. The van der Waals surface area contributed by atoms with Gasteiger partial charge in [0.15, 0.2) is 11.5 Å². The largest absolute Gasteiger partial charge is 0.454 e. The molecule has 0 spiro atoms. The molecule has 0 aliphatic carbocycles. The van der Waals surface area contributed by atoms with Crippen molar-refractivity contribution in [2.24, 2.45) is 0 Å². The molecule has 0 saturated heterocycles. The molecule has 0 fully saturated rings. The van der Waals surface area contributed by atoms with Gasteiger partial charge in [-0.25, -0.2) is 9.37 Å². The van der Waals surface area contributed by atoms with Crippen molar-refractivity contribution in [1.82, 2.24) is 4.98 Å². The molecule has 1 N–H and O–H groups in total. The number of hydrogen-bond donors (Lipinski definition) is 1. The molecule has 2 aromatic carbocycles. The number of benzene rings is 2. The van der Waals surface area contributed by atoms with Crippen LogP contribution >= 0.6 is 0 Å². The number of amides is 1. The summed E-state index contributed by atoms with van der Waals surface area (Å²) in [5.41, 5.74) is 1.79. The first-order valence-electron chi connectivity index (χ1n) is 8.00. The Kier molecular flexibility index (Phi) is 4.04. The minimum Gasteiger partial charge on any atom is -0.454 e. The maximum absolute atomic E-state index is 13.0. The molecular formula is C19H15FN2O4. The van der Waals surface area contributed by atoms with Crippen LogP contribution in [0.2, 0.25) is 0 Å². The number of fused-ring (bicyclic) bond motifs is 1. The molecule has 7 heteroatoms. The summed E-state index contributed by atoms with van der Waals surface area (Å²) in [5, 5.41) is 2.80. The van der Waals surface area contributed by atoms with E-state index in [0.717, 1.165) is 0 Å². The highest BCUT2D eigenvalue weighted by Crippen LogP contribution is 2.34. The fraction of sp³-hybridized carbons (Fsp3) is 0.158. The van der Waals surface area contributed by atoms with E-state index >= 15 is 0 Å². The van der Waals surface area contributed by atoms with Crippen molar-refractivity contribution in [3.8, 4) is 23.0 Å². The van der Waals surface area contributed by atoms with Gasteiger partial charge >= 0.3 is 0 Å². The summed E-state index contributed by atoms with van der Waals surface area (Å²) in [7, 11) is 0. The van der Waals surface area contributed by atoms with E-state index in [1.807, 2.05) is 0 Å². The van der Waals surface area contributed by atoms with Crippen molar-refractivity contribution < 1.29 is 23.1 Å². The molecule has 6 nitrogen and oxygen atoms in total. The second-order valence-corrected chi connectivity index (χ2v) is 5.82. The van der Waals surface area contributed by atoms with E-state index in [1.54, 1.807) is 37.3 Å². The van der Waals surface area contributed by atoms with Crippen molar-refractivity contribution in [3.63, 3.8) is 0 Å². The molecule has 1 aliphatic rings. The van der Waals surface area contributed by atoms with E-state index in [9.17, 15) is 9.18 Å². The molecule has 1 aliphatic heterocycles. The van der Waals surface area contributed by atoms with E-state index in [4.69, 9.17) is 13.9 Å². The Bertz CT molecular complexity index is 966. The van der Waals surface area contributed by atoms with Gasteiger partial charge in [0.05, 0.1) is 12.1 Å². The Morgan fingerprint density at radius 2 is 1.92 bits per heavy atom. The number of aryl methyl sites for hydroxylation is 1. The van der Waals surface area contributed by atoms with Crippen molar-refractivity contribution in [3.05, 3.63) is 59.7 Å². The lowest BCUT2D eigenvalue weighted by atomic mass is 10.2. The summed E-state index contributed by atoms with van der Waals surface area (Å²) in [6.45, 7) is 1.92. The van der Waals surface area contributed by atoms with Crippen LogP contribution in [0.15, 0.2) is 46.9 Å². The summed E-state index contributed by atoms with van der Waals surface area (Å²) >= 11 is 0. The number of aromatic nitrogens is 1. The Morgan fingerprint density at radius 1 is 1.15 bits per heavy atom. The van der Waals surface area contributed by atoms with Crippen molar-refractivity contribution >= 4 is 11.6 Å². The first kappa shape index (κ1) is 16.1. The van der Waals surface area contributed by atoms with Gasteiger partial charge in [-0.1, -0.05) is 0 Å². The molecule has 3 aromatic rings. The smallest absolute Gasteiger partial charge is 0.231 e. The van der Waals surface area contributed by atoms with Crippen LogP contribution in [0.3, 0.4) is 0 Å². The molecule has 0 radical (unpaired) electrons. The predicted molar refractivity (Wildman–Crippen MR) is 91.5 cm³/mol. The highest BCUT2D eigenvalue weighted by Gasteiger charge is 2.17. The number of hydrogen-bond acceptors (Lipinski definition) is 5. The molecule has 0 atom stereocenters. The van der Waals surface area contributed by atoms with Crippen molar-refractivity contribution in [2.45, 2.75) is 13.3 Å². The van der Waals surface area contributed by atoms with Crippen molar-refractivity contribution in [2.75, 3.05) is 12.1 Å². The average molecular weight is 354 g/mol. The van der Waals surface area contributed by atoms with Crippen LogP contribution < -0.4 is 14.8 Å². The van der Waals surface area contributed by atoms with E-state index in [-0.39, 0.29) is 24.9 Å². The average Bonchev–Trinajstić information content (AvgIpc) is 3.22. The van der Waals surface area contributed by atoms with Gasteiger partial charge in [0, 0.05) is 17.3 Å². The van der Waals surface area contributed by atoms with Gasteiger partial charge in [0.2, 0.25) is 18.6 Å². The summed E-state index contributed by atoms with van der Waals surface area (Å²) in [6, 6.07) is 11.0. The van der Waals surface area contributed by atoms with Crippen molar-refractivity contribution in [1.29, 1.82) is 0 Å². The molecule has 26 heavy (non-hydrogen) atoms. The zero-order valence-electron chi connectivity index (χ0n) is 13.9. The predicted octanol–water partition coefficient (Wildman–Crippen LogP) is 3.70. The van der Waals surface area contributed by atoms with Gasteiger partial charge < -0.3 is 19.2 Å². The molecule has 0 bridgehead atoms. The monoisotopic (exact) mass is 354 g/mol. The maximum Gasteiger partial charge on any atom is 0.231 e. The first-order valence-corrected chi connectivity index (χ1v) is 8.00. The number of rotatable bonds is 4. The maximum atomic E-state index is 13.0. The van der Waals surface area contributed by atoms with Gasteiger partial charge in [-0.15, -0.1) is 0 Å². The van der Waals surface area contributed by atoms with Crippen LogP contribution in [0.4, 0.5) is 10.1 Å². The molecule has 1 amide bonds. The highest BCUT2D eigenvalue weighted by atomic mass is 19.1. The summed E-state index contributed by atoms with van der Waals surface area (Å²) < 4.78 is 29.2. The van der Waals surface area contributed by atoms with Gasteiger partial charge in [0.25, 0.3) is 0 Å². The zero-order chi connectivity index (χ0) is 18.1. The van der Waals surface area contributed by atoms with Crippen LogP contribution in [0.5, 0.6) is 11.5 Å². The summed E-state index contributed by atoms with van der Waals surface area (Å²) in [4.78, 5) is 16.7. The molecule has 1 aromatic heterocycles. The summed E-state index contributed by atoms with van der Waals surface area (Å²) in [6.07, 6.45) is 0.0605. The number of ether oxygens (including phenoxy) is 2. The standard InChI is InChI=1S/C19H15FN2O4/c1-11-15(22-19(26-11)12-2-4-13(20)5-3-12)9-18(23)21-14-6-7-16-17(8-14)25-10-24-16/h2-8H,9-10H2,1H3,(H,21,23). The Balaban J connectivity index is 1.47. The third-order valence-electron chi connectivity index (χ3n) is 3.97. The number of anilines is 1. The van der Waals surface area contributed by atoms with Gasteiger partial charge in [-0.05, 0) is 43.3 Å². The van der Waals surface area contributed by atoms with E-state index < -0.39 is 0 Å². The van der Waals surface area contributed by atoms with E-state index in [0.29, 0.717) is 40.1 Å². The highest BCUT2D eigenvalue weighted by molar-refractivity contribution is 5.92. The quantitative estimate of drug-likeness (QED) is 0.773. The number of oxazole rings is 1. The number of nitrogens with zero attached hydrogens (tertiary/aromatic N) is 1. The van der Waals surface area contributed by atoms with Crippen LogP contribution in [-0.2, 0) is 11.2 Å². The molecule has 0 saturated carbocycles. The van der Waals surface area contributed by atoms with Gasteiger partial charge in [0.1, 0.15) is 11.6 Å². The fourth-order valence-corrected chi connectivity index (χ4v) is 2.64. The molecule has 2 heterocycles. The van der Waals surface area contributed by atoms with Crippen LogP contribution in [-0.4, -0.2) is 17.7 Å². The Morgan fingerprint density at radius 3 is 2.73 bits per heavy atom. The number of carbonyl (C=O) groups excluding carboxylic acids is 1. The Hall–Kier alpha value is -3.35. The third-order valence-corrected chi connectivity index (χ3v) is 3.97. The lowest BCUT2D eigenvalue weighted by molar-refractivity contribution is -0.115. The molecule has 4 rings (SSSR count). The third kappa shape index (κ3) is 3.23.